The van der Waals surface area contributed by atoms with Gasteiger partial charge >= 0.3 is 0 Å². The number of hydrogen-bond donors (Lipinski definition) is 1. The van der Waals surface area contributed by atoms with Crippen molar-refractivity contribution in [3.05, 3.63) is 29.8 Å². The largest absolute Gasteiger partial charge is 0.493 e. The van der Waals surface area contributed by atoms with Crippen LogP contribution < -0.4 is 10.5 Å². The first-order chi connectivity index (χ1) is 7.61. The van der Waals surface area contributed by atoms with Crippen LogP contribution in [-0.2, 0) is 0 Å². The fourth-order valence-electron chi connectivity index (χ4n) is 1.37. The first-order valence-corrected chi connectivity index (χ1v) is 4.37. The molecule has 2 rings (SSSR count). The Labute approximate surface area is 89.6 Å². The molecule has 0 bridgehead atoms. The third-order valence-electron chi connectivity index (χ3n) is 2.01. The van der Waals surface area contributed by atoms with E-state index >= 15 is 0 Å². The molecule has 1 heterocycles. The van der Waals surface area contributed by atoms with E-state index in [1.54, 1.807) is 0 Å². The van der Waals surface area contributed by atoms with Crippen LogP contribution in [0.5, 0.6) is 5.75 Å². The molecule has 0 saturated heterocycles. The molecule has 6 heteroatoms. The molecule has 84 valence electrons. The maximum absolute atomic E-state index is 13.3. The third kappa shape index (κ3) is 1.69. The molecule has 0 spiro atoms. The number of halogens is 2. The van der Waals surface area contributed by atoms with E-state index < -0.39 is 11.6 Å². The van der Waals surface area contributed by atoms with E-state index in [2.05, 4.69) is 5.16 Å². The molecule has 0 aliphatic carbocycles. The average molecular weight is 226 g/mol. The summed E-state index contributed by atoms with van der Waals surface area (Å²) in [5.41, 5.74) is 5.48. The van der Waals surface area contributed by atoms with Crippen LogP contribution in [0.3, 0.4) is 0 Å². The number of ether oxygens (including phenoxy) is 1. The second-order valence-corrected chi connectivity index (χ2v) is 3.08. The van der Waals surface area contributed by atoms with Gasteiger partial charge in [-0.25, -0.2) is 8.78 Å². The van der Waals surface area contributed by atoms with Gasteiger partial charge in [0.1, 0.15) is 5.82 Å². The maximum Gasteiger partial charge on any atom is 0.173 e. The number of methoxy groups -OCH3 is 1. The summed E-state index contributed by atoms with van der Waals surface area (Å²) >= 11 is 0. The van der Waals surface area contributed by atoms with Crippen molar-refractivity contribution < 1.29 is 18.0 Å². The van der Waals surface area contributed by atoms with E-state index in [9.17, 15) is 8.78 Å². The predicted octanol–water partition coefficient (Wildman–Crippen LogP) is 2.21. The lowest BCUT2D eigenvalue weighted by atomic mass is 10.1. The van der Waals surface area contributed by atoms with Crippen molar-refractivity contribution in [2.24, 2.45) is 0 Å². The highest BCUT2D eigenvalue weighted by atomic mass is 19.1. The van der Waals surface area contributed by atoms with Crippen molar-refractivity contribution in [1.29, 1.82) is 0 Å². The Bertz CT molecular complexity index is 526. The van der Waals surface area contributed by atoms with Gasteiger partial charge in [0.25, 0.3) is 0 Å². The zero-order valence-electron chi connectivity index (χ0n) is 8.33. The summed E-state index contributed by atoms with van der Waals surface area (Å²) < 4.78 is 36.0. The Hall–Kier alpha value is -2.11. The normalized spacial score (nSPS) is 10.4. The molecule has 0 aliphatic rings. The Kier molecular flexibility index (Phi) is 2.47. The van der Waals surface area contributed by atoms with Crippen LogP contribution in [0.4, 0.5) is 14.6 Å². The number of nitrogens with two attached hydrogens (primary N) is 1. The predicted molar refractivity (Wildman–Crippen MR) is 52.8 cm³/mol. The summed E-state index contributed by atoms with van der Waals surface area (Å²) in [5, 5.41) is 3.43. The van der Waals surface area contributed by atoms with Crippen LogP contribution >= 0.6 is 0 Å². The molecular formula is C10H8F2N2O2. The van der Waals surface area contributed by atoms with Crippen LogP contribution in [0.2, 0.25) is 0 Å². The summed E-state index contributed by atoms with van der Waals surface area (Å²) in [6.45, 7) is 0. The maximum atomic E-state index is 13.3. The fourth-order valence-corrected chi connectivity index (χ4v) is 1.37. The minimum absolute atomic E-state index is 0.113. The SMILES string of the molecule is COc1c(F)cc(F)cc1-c1cc(N)no1. The number of benzene rings is 1. The number of rotatable bonds is 2. The quantitative estimate of drug-likeness (QED) is 0.852. The lowest BCUT2D eigenvalue weighted by molar-refractivity contribution is 0.380. The molecule has 0 amide bonds. The summed E-state index contributed by atoms with van der Waals surface area (Å²) in [5.74, 6) is -1.39. The molecule has 0 aliphatic heterocycles. The smallest absolute Gasteiger partial charge is 0.173 e. The van der Waals surface area contributed by atoms with Crippen LogP contribution in [0, 0.1) is 11.6 Å². The van der Waals surface area contributed by atoms with Gasteiger partial charge in [0.2, 0.25) is 0 Å². The molecule has 4 nitrogen and oxygen atoms in total. The van der Waals surface area contributed by atoms with Crippen molar-refractivity contribution in [3.63, 3.8) is 0 Å². The number of aromatic nitrogens is 1. The number of hydrogen-bond acceptors (Lipinski definition) is 4. The summed E-state index contributed by atoms with van der Waals surface area (Å²) in [7, 11) is 1.28. The van der Waals surface area contributed by atoms with Gasteiger partial charge in [-0.3, -0.25) is 0 Å². The van der Waals surface area contributed by atoms with Crippen molar-refractivity contribution in [2.45, 2.75) is 0 Å². The molecule has 0 unspecified atom stereocenters. The average Bonchev–Trinajstić information content (AvgIpc) is 2.63. The van der Waals surface area contributed by atoms with E-state index in [1.165, 1.54) is 13.2 Å². The zero-order chi connectivity index (χ0) is 11.7. The van der Waals surface area contributed by atoms with Crippen molar-refractivity contribution in [1.82, 2.24) is 5.16 Å². The summed E-state index contributed by atoms with van der Waals surface area (Å²) in [6, 6.07) is 3.17. The van der Waals surface area contributed by atoms with Crippen molar-refractivity contribution in [3.8, 4) is 17.1 Å². The topological polar surface area (TPSA) is 61.3 Å². The molecular weight excluding hydrogens is 218 g/mol. The van der Waals surface area contributed by atoms with E-state index in [1.807, 2.05) is 0 Å². The molecule has 16 heavy (non-hydrogen) atoms. The van der Waals surface area contributed by atoms with Gasteiger partial charge in [-0.05, 0) is 6.07 Å². The van der Waals surface area contributed by atoms with Gasteiger partial charge in [0, 0.05) is 12.1 Å². The highest BCUT2D eigenvalue weighted by molar-refractivity contribution is 5.67. The van der Waals surface area contributed by atoms with Crippen LogP contribution in [0.25, 0.3) is 11.3 Å². The van der Waals surface area contributed by atoms with Crippen molar-refractivity contribution in [2.75, 3.05) is 12.8 Å². The Balaban J connectivity index is 2.63. The first kappa shape index (κ1) is 10.4. The zero-order valence-corrected chi connectivity index (χ0v) is 8.33. The lowest BCUT2D eigenvalue weighted by Crippen LogP contribution is -1.93. The second kappa shape index (κ2) is 3.80. The molecule has 2 aromatic rings. The molecule has 0 saturated carbocycles. The monoisotopic (exact) mass is 226 g/mol. The van der Waals surface area contributed by atoms with Crippen LogP contribution in [0.15, 0.2) is 22.7 Å². The molecule has 0 atom stereocenters. The molecule has 1 aromatic carbocycles. The van der Waals surface area contributed by atoms with Gasteiger partial charge < -0.3 is 15.0 Å². The van der Waals surface area contributed by atoms with E-state index in [0.717, 1.165) is 12.1 Å². The minimum atomic E-state index is -0.813. The summed E-state index contributed by atoms with van der Waals surface area (Å²) in [4.78, 5) is 0. The van der Waals surface area contributed by atoms with Crippen LogP contribution in [0.1, 0.15) is 0 Å². The minimum Gasteiger partial charge on any atom is -0.493 e. The van der Waals surface area contributed by atoms with E-state index in [-0.39, 0.29) is 22.9 Å². The summed E-state index contributed by atoms with van der Waals surface area (Å²) in [6.07, 6.45) is 0. The standard InChI is InChI=1S/C10H8F2N2O2/c1-15-10-6(2-5(11)3-7(10)12)8-4-9(13)14-16-8/h2-4H,1H3,(H2,13,14). The highest BCUT2D eigenvalue weighted by Gasteiger charge is 2.16. The molecule has 1 aromatic heterocycles. The van der Waals surface area contributed by atoms with Gasteiger partial charge in [0.15, 0.2) is 23.1 Å². The third-order valence-corrected chi connectivity index (χ3v) is 2.01. The molecule has 0 fully saturated rings. The van der Waals surface area contributed by atoms with Gasteiger partial charge in [0.05, 0.1) is 12.7 Å². The molecule has 0 radical (unpaired) electrons. The number of nitrogens with zero attached hydrogens (tertiary/aromatic N) is 1. The first-order valence-electron chi connectivity index (χ1n) is 4.37. The second-order valence-electron chi connectivity index (χ2n) is 3.08. The Morgan fingerprint density at radius 2 is 2.06 bits per heavy atom. The van der Waals surface area contributed by atoms with Gasteiger partial charge in [-0.1, -0.05) is 5.16 Å². The van der Waals surface area contributed by atoms with Crippen molar-refractivity contribution >= 4 is 5.82 Å². The Morgan fingerprint density at radius 3 is 2.62 bits per heavy atom. The lowest BCUT2D eigenvalue weighted by Gasteiger charge is -2.06. The number of nitrogen functional groups attached to an aromatic ring is 1. The fraction of sp³-hybridized carbons (Fsp3) is 0.100. The van der Waals surface area contributed by atoms with Gasteiger partial charge in [-0.2, -0.15) is 0 Å². The van der Waals surface area contributed by atoms with E-state index in [4.69, 9.17) is 15.0 Å². The van der Waals surface area contributed by atoms with E-state index in [0.29, 0.717) is 0 Å². The van der Waals surface area contributed by atoms with Gasteiger partial charge in [-0.15, -0.1) is 0 Å². The highest BCUT2D eigenvalue weighted by Crippen LogP contribution is 2.33. The van der Waals surface area contributed by atoms with Crippen LogP contribution in [-0.4, -0.2) is 12.3 Å². The Morgan fingerprint density at radius 1 is 1.31 bits per heavy atom. The number of anilines is 1. The molecule has 2 N–H and O–H groups in total.